The van der Waals surface area contributed by atoms with Gasteiger partial charge in [-0.15, -0.1) is 0 Å². The Morgan fingerprint density at radius 3 is 2.83 bits per heavy atom. The Balaban J connectivity index is 2.26. The standard InChI is InChI=1S/C12H20N6/c1-4-5-13-12-17-10(14-6-8(2)3)9-11(18-12)16-7-15-9/h7-8H,4-6H2,1-3H3,(H3,13,14,15,16,17,18). The normalized spacial score (nSPS) is 11.1. The number of aromatic nitrogens is 4. The Bertz CT molecular complexity index is 504. The first kappa shape index (κ1) is 12.6. The highest BCUT2D eigenvalue weighted by molar-refractivity contribution is 5.83. The number of nitrogens with zero attached hydrogens (tertiary/aromatic N) is 3. The summed E-state index contributed by atoms with van der Waals surface area (Å²) in [4.78, 5) is 16.1. The minimum atomic E-state index is 0.560. The molecule has 2 rings (SSSR count). The number of fused-ring (bicyclic) bond motifs is 1. The van der Waals surface area contributed by atoms with Gasteiger partial charge in [-0.3, -0.25) is 0 Å². The van der Waals surface area contributed by atoms with Gasteiger partial charge >= 0.3 is 0 Å². The van der Waals surface area contributed by atoms with Crippen molar-refractivity contribution in [2.75, 3.05) is 23.7 Å². The summed E-state index contributed by atoms with van der Waals surface area (Å²) in [5, 5.41) is 6.52. The number of nitrogens with one attached hydrogen (secondary N) is 3. The van der Waals surface area contributed by atoms with Crippen molar-refractivity contribution in [2.24, 2.45) is 5.92 Å². The van der Waals surface area contributed by atoms with E-state index in [1.54, 1.807) is 6.33 Å². The lowest BCUT2D eigenvalue weighted by Crippen LogP contribution is -2.12. The average molecular weight is 248 g/mol. The maximum Gasteiger partial charge on any atom is 0.226 e. The average Bonchev–Trinajstić information content (AvgIpc) is 2.81. The second-order valence-corrected chi connectivity index (χ2v) is 4.70. The topological polar surface area (TPSA) is 78.5 Å². The fraction of sp³-hybridized carbons (Fsp3) is 0.583. The lowest BCUT2D eigenvalue weighted by molar-refractivity contribution is 0.687. The Kier molecular flexibility index (Phi) is 3.96. The molecule has 2 aromatic rings. The molecule has 0 spiro atoms. The number of hydrogen-bond acceptors (Lipinski definition) is 5. The molecule has 18 heavy (non-hydrogen) atoms. The van der Waals surface area contributed by atoms with Crippen LogP contribution in [0.25, 0.3) is 11.2 Å². The first-order valence-corrected chi connectivity index (χ1v) is 6.39. The van der Waals surface area contributed by atoms with Crippen LogP contribution in [0.15, 0.2) is 6.33 Å². The number of imidazole rings is 1. The molecule has 0 amide bonds. The molecular weight excluding hydrogens is 228 g/mol. The molecule has 0 bridgehead atoms. The molecule has 0 saturated heterocycles. The summed E-state index contributed by atoms with van der Waals surface area (Å²) >= 11 is 0. The molecule has 0 aliphatic heterocycles. The van der Waals surface area contributed by atoms with Gasteiger partial charge < -0.3 is 15.6 Å². The fourth-order valence-electron chi connectivity index (χ4n) is 1.58. The summed E-state index contributed by atoms with van der Waals surface area (Å²) in [5.74, 6) is 2.00. The maximum atomic E-state index is 4.48. The summed E-state index contributed by atoms with van der Waals surface area (Å²) in [7, 11) is 0. The predicted octanol–water partition coefficient (Wildman–Crippen LogP) is 2.24. The van der Waals surface area contributed by atoms with E-state index in [2.05, 4.69) is 51.3 Å². The van der Waals surface area contributed by atoms with E-state index < -0.39 is 0 Å². The van der Waals surface area contributed by atoms with Gasteiger partial charge in [0.2, 0.25) is 5.95 Å². The van der Waals surface area contributed by atoms with Gasteiger partial charge in [0.05, 0.1) is 6.33 Å². The van der Waals surface area contributed by atoms with E-state index in [0.717, 1.165) is 30.8 Å². The van der Waals surface area contributed by atoms with E-state index in [0.29, 0.717) is 17.5 Å². The highest BCUT2D eigenvalue weighted by Crippen LogP contribution is 2.18. The van der Waals surface area contributed by atoms with Gasteiger partial charge in [-0.25, -0.2) is 4.98 Å². The van der Waals surface area contributed by atoms with Crippen molar-refractivity contribution in [3.8, 4) is 0 Å². The number of aromatic amines is 1. The maximum absolute atomic E-state index is 4.48. The largest absolute Gasteiger partial charge is 0.368 e. The van der Waals surface area contributed by atoms with Crippen LogP contribution in [0, 0.1) is 5.92 Å². The van der Waals surface area contributed by atoms with Crippen LogP contribution in [0.5, 0.6) is 0 Å². The smallest absolute Gasteiger partial charge is 0.226 e. The molecule has 0 atom stereocenters. The molecule has 0 aliphatic carbocycles. The van der Waals surface area contributed by atoms with E-state index in [4.69, 9.17) is 0 Å². The summed E-state index contributed by atoms with van der Waals surface area (Å²) in [6.45, 7) is 8.17. The molecule has 0 unspecified atom stereocenters. The Morgan fingerprint density at radius 2 is 2.11 bits per heavy atom. The molecule has 6 nitrogen and oxygen atoms in total. The Morgan fingerprint density at radius 1 is 1.28 bits per heavy atom. The SMILES string of the molecule is CCCNc1nc(NCC(C)C)c2[nH]cnc2n1. The van der Waals surface area contributed by atoms with Crippen LogP contribution < -0.4 is 10.6 Å². The first-order chi connectivity index (χ1) is 8.70. The summed E-state index contributed by atoms with van der Waals surface area (Å²) in [5.41, 5.74) is 1.55. The van der Waals surface area contributed by atoms with Crippen LogP contribution >= 0.6 is 0 Å². The molecule has 0 aromatic carbocycles. The molecule has 0 aliphatic rings. The van der Waals surface area contributed by atoms with Crippen LogP contribution in [-0.2, 0) is 0 Å². The number of H-pyrrole nitrogens is 1. The molecule has 0 saturated carbocycles. The third-order valence-electron chi connectivity index (χ3n) is 2.50. The van der Waals surface area contributed by atoms with E-state index >= 15 is 0 Å². The molecule has 2 heterocycles. The highest BCUT2D eigenvalue weighted by Gasteiger charge is 2.09. The number of anilines is 2. The van der Waals surface area contributed by atoms with E-state index in [1.165, 1.54) is 0 Å². The summed E-state index contributed by atoms with van der Waals surface area (Å²) in [6, 6.07) is 0. The van der Waals surface area contributed by atoms with Crippen LogP contribution in [0.1, 0.15) is 27.2 Å². The van der Waals surface area contributed by atoms with E-state index in [-0.39, 0.29) is 0 Å². The van der Waals surface area contributed by atoms with Crippen molar-refractivity contribution in [1.82, 2.24) is 19.9 Å². The van der Waals surface area contributed by atoms with Crippen molar-refractivity contribution < 1.29 is 0 Å². The molecule has 0 radical (unpaired) electrons. The van der Waals surface area contributed by atoms with Gasteiger partial charge in [-0.05, 0) is 12.3 Å². The van der Waals surface area contributed by atoms with Gasteiger partial charge in [0.15, 0.2) is 11.5 Å². The van der Waals surface area contributed by atoms with Crippen molar-refractivity contribution in [2.45, 2.75) is 27.2 Å². The van der Waals surface area contributed by atoms with Crippen LogP contribution in [-0.4, -0.2) is 33.0 Å². The van der Waals surface area contributed by atoms with Gasteiger partial charge in [0, 0.05) is 13.1 Å². The van der Waals surface area contributed by atoms with Crippen LogP contribution in [0.3, 0.4) is 0 Å². The quantitative estimate of drug-likeness (QED) is 0.730. The molecule has 3 N–H and O–H groups in total. The van der Waals surface area contributed by atoms with Crippen LogP contribution in [0.4, 0.5) is 11.8 Å². The van der Waals surface area contributed by atoms with Crippen molar-refractivity contribution >= 4 is 22.9 Å². The van der Waals surface area contributed by atoms with Gasteiger partial charge in [0.25, 0.3) is 0 Å². The van der Waals surface area contributed by atoms with Gasteiger partial charge in [-0.1, -0.05) is 20.8 Å². The fourth-order valence-corrected chi connectivity index (χ4v) is 1.58. The molecule has 2 aromatic heterocycles. The lowest BCUT2D eigenvalue weighted by Gasteiger charge is -2.10. The minimum Gasteiger partial charge on any atom is -0.368 e. The molecular formula is C12H20N6. The van der Waals surface area contributed by atoms with Crippen molar-refractivity contribution in [3.05, 3.63) is 6.33 Å². The first-order valence-electron chi connectivity index (χ1n) is 6.39. The van der Waals surface area contributed by atoms with Crippen molar-refractivity contribution in [3.63, 3.8) is 0 Å². The minimum absolute atomic E-state index is 0.560. The zero-order valence-corrected chi connectivity index (χ0v) is 11.1. The highest BCUT2D eigenvalue weighted by atomic mass is 15.2. The second kappa shape index (κ2) is 5.66. The number of hydrogen-bond donors (Lipinski definition) is 3. The molecule has 98 valence electrons. The summed E-state index contributed by atoms with van der Waals surface area (Å²) in [6.07, 6.45) is 2.68. The van der Waals surface area contributed by atoms with Crippen molar-refractivity contribution in [1.29, 1.82) is 0 Å². The van der Waals surface area contributed by atoms with Crippen LogP contribution in [0.2, 0.25) is 0 Å². The third kappa shape index (κ3) is 2.88. The van der Waals surface area contributed by atoms with Gasteiger partial charge in [-0.2, -0.15) is 9.97 Å². The monoisotopic (exact) mass is 248 g/mol. The molecule has 6 heteroatoms. The Hall–Kier alpha value is -1.85. The third-order valence-corrected chi connectivity index (χ3v) is 2.50. The zero-order valence-electron chi connectivity index (χ0n) is 11.1. The zero-order chi connectivity index (χ0) is 13.0. The van der Waals surface area contributed by atoms with Gasteiger partial charge in [0.1, 0.15) is 5.52 Å². The molecule has 0 fully saturated rings. The Labute approximate surface area is 107 Å². The lowest BCUT2D eigenvalue weighted by atomic mass is 10.2. The summed E-state index contributed by atoms with van der Waals surface area (Å²) < 4.78 is 0. The second-order valence-electron chi connectivity index (χ2n) is 4.70. The van der Waals surface area contributed by atoms with E-state index in [9.17, 15) is 0 Å². The van der Waals surface area contributed by atoms with E-state index in [1.807, 2.05) is 0 Å². The number of rotatable bonds is 6. The predicted molar refractivity (Wildman–Crippen MR) is 73.8 cm³/mol.